The van der Waals surface area contributed by atoms with Crippen molar-refractivity contribution in [3.05, 3.63) is 144 Å². The Kier molecular flexibility index (Phi) is 5.39. The Balaban J connectivity index is 1.28. The van der Waals surface area contributed by atoms with Crippen LogP contribution in [0.1, 0.15) is 41.1 Å². The van der Waals surface area contributed by atoms with Crippen molar-refractivity contribution < 1.29 is 0 Å². The molecule has 2 aromatic heterocycles. The number of thioether (sulfide) groups is 1. The fourth-order valence-corrected chi connectivity index (χ4v) is 8.28. The van der Waals surface area contributed by atoms with Crippen LogP contribution in [0, 0.1) is 0 Å². The van der Waals surface area contributed by atoms with Crippen LogP contribution >= 0.6 is 11.8 Å². The Morgan fingerprint density at radius 3 is 2.43 bits per heavy atom. The van der Waals surface area contributed by atoms with Crippen molar-refractivity contribution in [3.63, 3.8) is 0 Å². The van der Waals surface area contributed by atoms with Crippen molar-refractivity contribution in [2.24, 2.45) is 0 Å². The molecule has 3 aliphatic rings. The zero-order chi connectivity index (χ0) is 27.6. The molecular formula is C38H27N3S. The summed E-state index contributed by atoms with van der Waals surface area (Å²) in [5.74, 6) is 0.975. The molecule has 1 aliphatic heterocycles. The van der Waals surface area contributed by atoms with E-state index in [1.165, 1.54) is 38.2 Å². The molecule has 0 saturated carbocycles. The summed E-state index contributed by atoms with van der Waals surface area (Å²) in [4.78, 5) is 12.0. The van der Waals surface area contributed by atoms with Gasteiger partial charge in [-0.2, -0.15) is 0 Å². The van der Waals surface area contributed by atoms with Gasteiger partial charge in [0.1, 0.15) is 0 Å². The molecule has 2 atom stereocenters. The highest BCUT2D eigenvalue weighted by Gasteiger charge is 2.39. The molecule has 42 heavy (non-hydrogen) atoms. The molecule has 0 bridgehead atoms. The average molecular weight is 558 g/mol. The van der Waals surface area contributed by atoms with Gasteiger partial charge < -0.3 is 0 Å². The van der Waals surface area contributed by atoms with E-state index in [-0.39, 0.29) is 5.92 Å². The first-order valence-electron chi connectivity index (χ1n) is 14.6. The number of hydrogen-bond acceptors (Lipinski definition) is 3. The number of nitrogens with zero attached hydrogens (tertiary/aromatic N) is 3. The molecular weight excluding hydrogens is 531 g/mol. The summed E-state index contributed by atoms with van der Waals surface area (Å²) in [6, 6.07) is 34.9. The highest BCUT2D eigenvalue weighted by molar-refractivity contribution is 8.00. The van der Waals surface area contributed by atoms with E-state index in [0.717, 1.165) is 46.5 Å². The van der Waals surface area contributed by atoms with Gasteiger partial charge in [0.2, 0.25) is 5.95 Å². The molecule has 0 saturated heterocycles. The Hall–Kier alpha value is -4.67. The van der Waals surface area contributed by atoms with E-state index in [1.54, 1.807) is 0 Å². The largest absolute Gasteiger partial charge is 0.281 e. The minimum absolute atomic E-state index is 0.245. The summed E-state index contributed by atoms with van der Waals surface area (Å²) in [5.41, 5.74) is 10.8. The second kappa shape index (κ2) is 9.43. The van der Waals surface area contributed by atoms with E-state index in [0.29, 0.717) is 5.25 Å². The maximum absolute atomic E-state index is 5.38. The van der Waals surface area contributed by atoms with Crippen LogP contribution < -0.4 is 0 Å². The van der Waals surface area contributed by atoms with Crippen LogP contribution in [0.4, 0.5) is 0 Å². The van der Waals surface area contributed by atoms with Crippen molar-refractivity contribution in [2.45, 2.75) is 28.9 Å². The first-order valence-corrected chi connectivity index (χ1v) is 15.5. The van der Waals surface area contributed by atoms with Gasteiger partial charge in [0, 0.05) is 43.7 Å². The molecule has 3 heterocycles. The van der Waals surface area contributed by atoms with Crippen molar-refractivity contribution >= 4 is 45.2 Å². The van der Waals surface area contributed by atoms with E-state index < -0.39 is 0 Å². The smallest absolute Gasteiger partial charge is 0.235 e. The normalized spacial score (nSPS) is 18.6. The maximum atomic E-state index is 5.38. The third kappa shape index (κ3) is 3.61. The summed E-state index contributed by atoms with van der Waals surface area (Å²) in [5, 5.41) is 2.67. The van der Waals surface area contributed by atoms with Gasteiger partial charge in [-0.1, -0.05) is 109 Å². The number of aromatic nitrogens is 3. The highest BCUT2D eigenvalue weighted by Crippen LogP contribution is 2.54. The molecule has 4 aromatic carbocycles. The maximum Gasteiger partial charge on any atom is 0.235 e. The SMILES string of the molecule is C1=CCCC(c2ccc(-c3nc(-n4c5c(c6ccccc64)C=CC4Sc6ccccc6C54)nc4ccccc34)cc2)=C1. The molecule has 0 N–H and O–H groups in total. The Labute approximate surface area is 249 Å². The van der Waals surface area contributed by atoms with Gasteiger partial charge in [-0.3, -0.25) is 4.57 Å². The second-order valence-electron chi connectivity index (χ2n) is 11.2. The fraction of sp³-hybridized carbons (Fsp3) is 0.105. The number of benzene rings is 4. The van der Waals surface area contributed by atoms with Gasteiger partial charge in [0.05, 0.1) is 16.7 Å². The molecule has 0 radical (unpaired) electrons. The highest BCUT2D eigenvalue weighted by atomic mass is 32.2. The second-order valence-corrected chi connectivity index (χ2v) is 12.5. The predicted octanol–water partition coefficient (Wildman–Crippen LogP) is 9.61. The quantitative estimate of drug-likeness (QED) is 0.217. The van der Waals surface area contributed by atoms with E-state index in [4.69, 9.17) is 9.97 Å². The van der Waals surface area contributed by atoms with Gasteiger partial charge in [-0.25, -0.2) is 9.97 Å². The van der Waals surface area contributed by atoms with E-state index in [2.05, 4.69) is 132 Å². The lowest BCUT2D eigenvalue weighted by Crippen LogP contribution is -2.18. The van der Waals surface area contributed by atoms with Crippen LogP contribution in [-0.4, -0.2) is 19.8 Å². The van der Waals surface area contributed by atoms with E-state index in [1.807, 2.05) is 11.8 Å². The minimum Gasteiger partial charge on any atom is -0.281 e. The standard InChI is InChI=1S/C38H27N3S/c1-2-10-24(11-3-1)25-18-20-26(21-19-25)36-29-13-4-7-15-31(29)39-38(40-36)41-32-16-8-5-12-27(32)28-22-23-34-35(37(28)41)30-14-6-9-17-33(30)42-34/h1-2,4-10,12-23,34-35H,3,11H2. The Morgan fingerprint density at radius 1 is 0.762 bits per heavy atom. The number of fused-ring (bicyclic) bond motifs is 8. The third-order valence-corrected chi connectivity index (χ3v) is 10.2. The zero-order valence-corrected chi connectivity index (χ0v) is 23.8. The minimum atomic E-state index is 0.245. The fourth-order valence-electron chi connectivity index (χ4n) is 6.93. The lowest BCUT2D eigenvalue weighted by molar-refractivity contribution is 0.767. The van der Waals surface area contributed by atoms with Crippen molar-refractivity contribution in [1.29, 1.82) is 0 Å². The van der Waals surface area contributed by atoms with E-state index in [9.17, 15) is 0 Å². The molecule has 3 nitrogen and oxygen atoms in total. The molecule has 0 spiro atoms. The first kappa shape index (κ1) is 24.0. The monoisotopic (exact) mass is 557 g/mol. The predicted molar refractivity (Wildman–Crippen MR) is 175 cm³/mol. The van der Waals surface area contributed by atoms with Gasteiger partial charge in [0.15, 0.2) is 0 Å². The number of rotatable bonds is 3. The third-order valence-electron chi connectivity index (χ3n) is 8.88. The molecule has 2 unspecified atom stereocenters. The van der Waals surface area contributed by atoms with Crippen molar-refractivity contribution in [3.8, 4) is 17.2 Å². The zero-order valence-electron chi connectivity index (χ0n) is 22.9. The summed E-state index contributed by atoms with van der Waals surface area (Å²) >= 11 is 1.96. The molecule has 4 heteroatoms. The van der Waals surface area contributed by atoms with Crippen LogP contribution in [0.15, 0.2) is 126 Å². The van der Waals surface area contributed by atoms with Crippen LogP contribution in [0.25, 0.3) is 50.7 Å². The summed E-state index contributed by atoms with van der Waals surface area (Å²) in [6.45, 7) is 0. The van der Waals surface area contributed by atoms with Crippen LogP contribution in [0.2, 0.25) is 0 Å². The van der Waals surface area contributed by atoms with Crippen LogP contribution in [0.3, 0.4) is 0 Å². The summed E-state index contributed by atoms with van der Waals surface area (Å²) < 4.78 is 2.35. The van der Waals surface area contributed by atoms with Crippen LogP contribution in [0.5, 0.6) is 0 Å². The Morgan fingerprint density at radius 2 is 1.55 bits per heavy atom. The number of allylic oxidation sites excluding steroid dienone is 4. The van der Waals surface area contributed by atoms with Gasteiger partial charge in [-0.15, -0.1) is 11.8 Å². The number of para-hydroxylation sites is 2. The van der Waals surface area contributed by atoms with Gasteiger partial charge in [-0.05, 0) is 47.7 Å². The van der Waals surface area contributed by atoms with Crippen LogP contribution in [-0.2, 0) is 0 Å². The molecule has 200 valence electrons. The molecule has 6 aromatic rings. The van der Waals surface area contributed by atoms with Crippen molar-refractivity contribution in [1.82, 2.24) is 14.5 Å². The molecule has 0 amide bonds. The average Bonchev–Trinajstić information content (AvgIpc) is 3.60. The molecule has 9 rings (SSSR count). The summed E-state index contributed by atoms with van der Waals surface area (Å²) in [7, 11) is 0. The summed E-state index contributed by atoms with van der Waals surface area (Å²) in [6.07, 6.45) is 13.5. The Bertz CT molecular complexity index is 2130. The van der Waals surface area contributed by atoms with E-state index >= 15 is 0 Å². The molecule has 0 fully saturated rings. The van der Waals surface area contributed by atoms with Gasteiger partial charge in [0.25, 0.3) is 0 Å². The first-order chi connectivity index (χ1) is 20.8. The lowest BCUT2D eigenvalue weighted by Gasteiger charge is -2.24. The van der Waals surface area contributed by atoms with Gasteiger partial charge >= 0.3 is 0 Å². The number of hydrogen-bond donors (Lipinski definition) is 0. The molecule has 2 aliphatic carbocycles. The lowest BCUT2D eigenvalue weighted by atomic mass is 9.86. The topological polar surface area (TPSA) is 30.7 Å². The van der Waals surface area contributed by atoms with Crippen molar-refractivity contribution in [2.75, 3.05) is 0 Å².